The van der Waals surface area contributed by atoms with Gasteiger partial charge in [0.1, 0.15) is 16.5 Å². The summed E-state index contributed by atoms with van der Waals surface area (Å²) in [7, 11) is -3.99. The van der Waals surface area contributed by atoms with E-state index < -0.39 is 37.8 Å². The molecule has 0 amide bonds. The van der Waals surface area contributed by atoms with Gasteiger partial charge in [0.15, 0.2) is 21.5 Å². The summed E-state index contributed by atoms with van der Waals surface area (Å²) in [4.78, 5) is 18.2. The average Bonchev–Trinajstić information content (AvgIpc) is 3.24. The lowest BCUT2D eigenvalue weighted by molar-refractivity contribution is -0.153. The van der Waals surface area contributed by atoms with E-state index in [0.29, 0.717) is 17.9 Å². The number of nitrogens with one attached hydrogen (secondary N) is 2. The van der Waals surface area contributed by atoms with Gasteiger partial charge < -0.3 is 10.4 Å². The highest BCUT2D eigenvalue weighted by Crippen LogP contribution is 2.40. The number of halogens is 3. The topological polar surface area (TPSA) is 128 Å². The van der Waals surface area contributed by atoms with Crippen LogP contribution >= 0.6 is 11.6 Å². The van der Waals surface area contributed by atoms with Gasteiger partial charge in [0.2, 0.25) is 0 Å². The molecule has 2 atom stereocenters. The molecule has 2 aromatic heterocycles. The average molecular weight is 568 g/mol. The number of sulfone groups is 1. The monoisotopic (exact) mass is 567 g/mol. The van der Waals surface area contributed by atoms with Crippen LogP contribution in [0, 0.1) is 24.0 Å². The summed E-state index contributed by atoms with van der Waals surface area (Å²) in [6.07, 6.45) is 0.798. The summed E-state index contributed by atoms with van der Waals surface area (Å²) in [6, 6.07) is 7.15. The number of aromatic amines is 1. The summed E-state index contributed by atoms with van der Waals surface area (Å²) in [5, 5.41) is 19.9. The molecular formula is C25H28ClF2N5O4S. The second-order valence-corrected chi connectivity index (χ2v) is 12.2. The number of carbonyl (C=O) groups is 1. The van der Waals surface area contributed by atoms with Crippen LogP contribution in [0.4, 0.5) is 20.4 Å². The van der Waals surface area contributed by atoms with Crippen molar-refractivity contribution in [2.45, 2.75) is 50.6 Å². The van der Waals surface area contributed by atoms with Crippen LogP contribution in [0.5, 0.6) is 0 Å². The predicted octanol–water partition coefficient (Wildman–Crippen LogP) is 4.49. The SMILES string of the molecule is Cc1cc(Nc2cc(S(C)(=O)=O)c(F)c(C[C@@]3(C(=O)O)CCN(Cc4cccc(Cl)c4F)[C@H](C)C3)n2)n[nH]1. The fourth-order valence-electron chi connectivity index (χ4n) is 4.87. The molecule has 0 unspecified atom stereocenters. The van der Waals surface area contributed by atoms with E-state index in [9.17, 15) is 22.7 Å². The number of carboxylic acid groups (broad SMARTS) is 1. The van der Waals surface area contributed by atoms with Gasteiger partial charge >= 0.3 is 5.97 Å². The first-order valence-electron chi connectivity index (χ1n) is 11.9. The molecule has 1 aliphatic heterocycles. The number of aryl methyl sites for hydroxylation is 1. The third kappa shape index (κ3) is 5.82. The largest absolute Gasteiger partial charge is 0.481 e. The van der Waals surface area contributed by atoms with Gasteiger partial charge in [0.25, 0.3) is 0 Å². The molecule has 1 aliphatic rings. The molecule has 0 saturated carbocycles. The van der Waals surface area contributed by atoms with Gasteiger partial charge in [-0.05, 0) is 39.3 Å². The highest BCUT2D eigenvalue weighted by atomic mass is 35.5. The number of benzene rings is 1. The van der Waals surface area contributed by atoms with E-state index in [4.69, 9.17) is 11.6 Å². The molecule has 1 fully saturated rings. The van der Waals surface area contributed by atoms with Crippen LogP contribution in [0.25, 0.3) is 0 Å². The first kappa shape index (κ1) is 27.9. The summed E-state index contributed by atoms with van der Waals surface area (Å²) >= 11 is 5.90. The van der Waals surface area contributed by atoms with Gasteiger partial charge in [-0.15, -0.1) is 0 Å². The Labute approximate surface area is 224 Å². The molecule has 0 bridgehead atoms. The number of likely N-dealkylation sites (tertiary alicyclic amines) is 1. The highest BCUT2D eigenvalue weighted by Gasteiger charge is 2.45. The number of H-pyrrole nitrogens is 1. The van der Waals surface area contributed by atoms with E-state index in [-0.39, 0.29) is 48.4 Å². The first-order chi connectivity index (χ1) is 17.8. The standard InChI is InChI=1S/C25H28ClF2N5O4S/c1-14-9-21(32-31-14)30-20-10-19(38(3,36)37)23(28)18(29-20)12-25(24(34)35)7-8-33(15(2)11-25)13-16-5-4-6-17(26)22(16)27/h4-6,9-10,15H,7-8,11-13H2,1-3H3,(H,34,35)(H2,29,30,31,32)/t15-,25-/m1/s1. The maximum atomic E-state index is 15.5. The molecule has 1 saturated heterocycles. The molecule has 9 nitrogen and oxygen atoms in total. The number of carboxylic acids is 1. The number of nitrogens with zero attached hydrogens (tertiary/aromatic N) is 3. The summed E-state index contributed by atoms with van der Waals surface area (Å²) in [6.45, 7) is 4.12. The Bertz CT molecular complexity index is 1480. The molecule has 1 aromatic carbocycles. The fraction of sp³-hybridized carbons (Fsp3) is 0.400. The van der Waals surface area contributed by atoms with E-state index in [2.05, 4.69) is 20.5 Å². The maximum Gasteiger partial charge on any atom is 0.310 e. The summed E-state index contributed by atoms with van der Waals surface area (Å²) in [5.41, 5.74) is -0.550. The van der Waals surface area contributed by atoms with Crippen LogP contribution in [0.3, 0.4) is 0 Å². The quantitative estimate of drug-likeness (QED) is 0.363. The van der Waals surface area contributed by atoms with E-state index >= 15 is 4.39 Å². The minimum Gasteiger partial charge on any atom is -0.481 e. The lowest BCUT2D eigenvalue weighted by Gasteiger charge is -2.43. The van der Waals surface area contributed by atoms with Gasteiger partial charge in [0.05, 0.1) is 16.1 Å². The normalized spacial score (nSPS) is 20.4. The van der Waals surface area contributed by atoms with Crippen molar-refractivity contribution in [2.24, 2.45) is 5.41 Å². The zero-order valence-corrected chi connectivity index (χ0v) is 22.6. The Kier molecular flexibility index (Phi) is 7.78. The Balaban J connectivity index is 1.64. The van der Waals surface area contributed by atoms with Crippen LogP contribution in [0.15, 0.2) is 35.2 Å². The van der Waals surface area contributed by atoms with Crippen LogP contribution in [-0.4, -0.2) is 58.4 Å². The number of hydrogen-bond acceptors (Lipinski definition) is 7. The smallest absolute Gasteiger partial charge is 0.310 e. The Morgan fingerprint density at radius 3 is 2.63 bits per heavy atom. The number of aliphatic carboxylic acids is 1. The molecule has 38 heavy (non-hydrogen) atoms. The molecule has 3 heterocycles. The van der Waals surface area contributed by atoms with Crippen molar-refractivity contribution < 1.29 is 27.1 Å². The molecule has 204 valence electrons. The van der Waals surface area contributed by atoms with Gasteiger partial charge in [-0.25, -0.2) is 22.2 Å². The third-order valence-electron chi connectivity index (χ3n) is 6.91. The maximum absolute atomic E-state index is 15.5. The number of rotatable bonds is 8. The molecule has 0 radical (unpaired) electrons. The van der Waals surface area contributed by atoms with Crippen LogP contribution in [-0.2, 0) is 27.6 Å². The highest BCUT2D eigenvalue weighted by molar-refractivity contribution is 7.90. The second-order valence-electron chi connectivity index (χ2n) is 9.85. The minimum atomic E-state index is -3.99. The summed E-state index contributed by atoms with van der Waals surface area (Å²) < 4.78 is 54.7. The van der Waals surface area contributed by atoms with Gasteiger partial charge in [-0.2, -0.15) is 5.10 Å². The van der Waals surface area contributed by atoms with Gasteiger partial charge in [0, 0.05) is 48.7 Å². The zero-order chi connectivity index (χ0) is 27.8. The molecular weight excluding hydrogens is 540 g/mol. The van der Waals surface area contributed by atoms with E-state index in [1.54, 1.807) is 25.1 Å². The van der Waals surface area contributed by atoms with Gasteiger partial charge in [-0.3, -0.25) is 14.8 Å². The Morgan fingerprint density at radius 2 is 2.03 bits per heavy atom. The lowest BCUT2D eigenvalue weighted by atomic mass is 9.72. The number of hydrogen-bond donors (Lipinski definition) is 3. The number of anilines is 2. The van der Waals surface area contributed by atoms with Crippen LogP contribution < -0.4 is 5.32 Å². The fourth-order valence-corrected chi connectivity index (χ4v) is 5.83. The molecule has 13 heteroatoms. The molecule has 4 rings (SSSR count). The Morgan fingerprint density at radius 1 is 1.29 bits per heavy atom. The van der Waals surface area contributed by atoms with Crippen molar-refractivity contribution in [1.82, 2.24) is 20.1 Å². The molecule has 3 N–H and O–H groups in total. The third-order valence-corrected chi connectivity index (χ3v) is 8.29. The van der Waals surface area contributed by atoms with Crippen molar-refractivity contribution >= 4 is 39.0 Å². The van der Waals surface area contributed by atoms with Crippen molar-refractivity contribution in [2.75, 3.05) is 18.1 Å². The lowest BCUT2D eigenvalue weighted by Crippen LogP contribution is -2.50. The van der Waals surface area contributed by atoms with E-state index in [0.717, 1.165) is 18.0 Å². The van der Waals surface area contributed by atoms with E-state index in [1.165, 1.54) is 6.07 Å². The summed E-state index contributed by atoms with van der Waals surface area (Å²) in [5.74, 6) is -2.37. The number of piperidine rings is 1. The van der Waals surface area contributed by atoms with Crippen LogP contribution in [0.2, 0.25) is 5.02 Å². The van der Waals surface area contributed by atoms with Crippen molar-refractivity contribution in [3.05, 3.63) is 63.9 Å². The van der Waals surface area contributed by atoms with E-state index in [1.807, 2.05) is 11.8 Å². The molecule has 3 aromatic rings. The van der Waals surface area contributed by atoms with Crippen molar-refractivity contribution in [3.63, 3.8) is 0 Å². The van der Waals surface area contributed by atoms with Crippen molar-refractivity contribution in [1.29, 1.82) is 0 Å². The molecule has 0 aliphatic carbocycles. The van der Waals surface area contributed by atoms with Gasteiger partial charge in [-0.1, -0.05) is 23.7 Å². The zero-order valence-electron chi connectivity index (χ0n) is 21.1. The second kappa shape index (κ2) is 10.6. The van der Waals surface area contributed by atoms with Crippen molar-refractivity contribution in [3.8, 4) is 0 Å². The first-order valence-corrected chi connectivity index (χ1v) is 14.1. The minimum absolute atomic E-state index is 0.00812. The Hall–Kier alpha value is -3.09. The van der Waals surface area contributed by atoms with Crippen LogP contribution in [0.1, 0.15) is 36.7 Å². The number of pyridine rings is 1. The molecule has 0 spiro atoms. The number of aromatic nitrogens is 3. The predicted molar refractivity (Wildman–Crippen MR) is 138 cm³/mol.